The molecule has 0 bridgehead atoms. The summed E-state index contributed by atoms with van der Waals surface area (Å²) in [6.07, 6.45) is 2.63. The lowest BCUT2D eigenvalue weighted by molar-refractivity contribution is -0.126. The highest BCUT2D eigenvalue weighted by Crippen LogP contribution is 2.27. The molecule has 1 saturated heterocycles. The Hall–Kier alpha value is -2.53. The lowest BCUT2D eigenvalue weighted by Crippen LogP contribution is -2.40. The Morgan fingerprint density at radius 2 is 1.79 bits per heavy atom. The summed E-state index contributed by atoms with van der Waals surface area (Å²) in [5.74, 6) is 1.74. The summed E-state index contributed by atoms with van der Waals surface area (Å²) in [5.41, 5.74) is 3.77. The van der Waals surface area contributed by atoms with Crippen LogP contribution in [0, 0.1) is 12.8 Å². The van der Waals surface area contributed by atoms with E-state index in [2.05, 4.69) is 41.4 Å². The maximum atomic E-state index is 12.5. The zero-order valence-corrected chi connectivity index (χ0v) is 17.7. The second kappa shape index (κ2) is 10.3. The van der Waals surface area contributed by atoms with E-state index in [1.54, 1.807) is 14.2 Å². The second-order valence-electron chi connectivity index (χ2n) is 7.77. The average Bonchev–Trinajstić information content (AvgIpc) is 2.74. The van der Waals surface area contributed by atoms with E-state index in [-0.39, 0.29) is 11.8 Å². The summed E-state index contributed by atoms with van der Waals surface area (Å²) in [6, 6.07) is 14.5. The fourth-order valence-corrected chi connectivity index (χ4v) is 3.93. The van der Waals surface area contributed by atoms with Crippen molar-refractivity contribution in [3.63, 3.8) is 0 Å². The number of piperidine rings is 1. The first-order valence-corrected chi connectivity index (χ1v) is 10.4. The van der Waals surface area contributed by atoms with Crippen LogP contribution in [-0.4, -0.2) is 44.7 Å². The molecule has 0 aromatic heterocycles. The molecule has 1 amide bonds. The van der Waals surface area contributed by atoms with Crippen LogP contribution < -0.4 is 14.8 Å². The highest BCUT2D eigenvalue weighted by atomic mass is 16.5. The Bertz CT molecular complexity index is 814. The second-order valence-corrected chi connectivity index (χ2v) is 7.77. The van der Waals surface area contributed by atoms with Gasteiger partial charge >= 0.3 is 0 Å². The first-order chi connectivity index (χ1) is 14.1. The Morgan fingerprint density at radius 1 is 1.03 bits per heavy atom. The number of carbonyl (C=O) groups is 1. The van der Waals surface area contributed by atoms with E-state index in [9.17, 15) is 4.79 Å². The molecule has 0 spiro atoms. The molecule has 0 radical (unpaired) electrons. The molecule has 5 heteroatoms. The predicted octanol–water partition coefficient (Wildman–Crippen LogP) is 3.58. The zero-order valence-electron chi connectivity index (χ0n) is 17.7. The molecule has 2 aromatic rings. The maximum absolute atomic E-state index is 12.5. The Morgan fingerprint density at radius 3 is 2.48 bits per heavy atom. The molecule has 29 heavy (non-hydrogen) atoms. The van der Waals surface area contributed by atoms with E-state index in [1.807, 2.05) is 18.2 Å². The fourth-order valence-electron chi connectivity index (χ4n) is 3.93. The van der Waals surface area contributed by atoms with Gasteiger partial charge in [-0.05, 0) is 62.5 Å². The van der Waals surface area contributed by atoms with Gasteiger partial charge in [0.25, 0.3) is 0 Å². The van der Waals surface area contributed by atoms with E-state index < -0.39 is 0 Å². The topological polar surface area (TPSA) is 50.8 Å². The summed E-state index contributed by atoms with van der Waals surface area (Å²) in [5, 5.41) is 3.11. The van der Waals surface area contributed by atoms with Crippen molar-refractivity contribution in [2.45, 2.75) is 32.7 Å². The van der Waals surface area contributed by atoms with Gasteiger partial charge in [0, 0.05) is 19.0 Å². The lowest BCUT2D eigenvalue weighted by atomic mass is 9.95. The number of ether oxygens (including phenoxy) is 2. The van der Waals surface area contributed by atoms with Gasteiger partial charge in [-0.25, -0.2) is 0 Å². The molecule has 5 nitrogen and oxygen atoms in total. The molecule has 3 rings (SSSR count). The van der Waals surface area contributed by atoms with Gasteiger partial charge in [-0.1, -0.05) is 35.9 Å². The van der Waals surface area contributed by atoms with Crippen molar-refractivity contribution in [2.24, 2.45) is 5.92 Å². The summed E-state index contributed by atoms with van der Waals surface area (Å²) < 4.78 is 10.6. The number of amides is 1. The van der Waals surface area contributed by atoms with E-state index in [4.69, 9.17) is 9.47 Å². The Kier molecular flexibility index (Phi) is 7.53. The number of nitrogens with zero attached hydrogens (tertiary/aromatic N) is 1. The van der Waals surface area contributed by atoms with Crippen molar-refractivity contribution in [3.05, 3.63) is 59.2 Å². The van der Waals surface area contributed by atoms with Crippen molar-refractivity contribution in [3.8, 4) is 11.5 Å². The Labute approximate surface area is 174 Å². The summed E-state index contributed by atoms with van der Waals surface area (Å²) >= 11 is 0. The quantitative estimate of drug-likeness (QED) is 0.741. The van der Waals surface area contributed by atoms with Crippen LogP contribution in [0.2, 0.25) is 0 Å². The number of rotatable bonds is 8. The molecule has 0 atom stereocenters. The minimum Gasteiger partial charge on any atom is -0.493 e. The van der Waals surface area contributed by atoms with Gasteiger partial charge in [-0.15, -0.1) is 0 Å². The minimum absolute atomic E-state index is 0.120. The van der Waals surface area contributed by atoms with Gasteiger partial charge in [0.15, 0.2) is 11.5 Å². The first-order valence-electron chi connectivity index (χ1n) is 10.4. The molecule has 1 aliphatic heterocycles. The number of nitrogens with one attached hydrogen (secondary N) is 1. The summed E-state index contributed by atoms with van der Waals surface area (Å²) in [6.45, 7) is 5.68. The van der Waals surface area contributed by atoms with Gasteiger partial charge in [-0.3, -0.25) is 9.69 Å². The van der Waals surface area contributed by atoms with Gasteiger partial charge < -0.3 is 14.8 Å². The summed E-state index contributed by atoms with van der Waals surface area (Å²) in [7, 11) is 3.26. The van der Waals surface area contributed by atoms with Crippen molar-refractivity contribution >= 4 is 5.91 Å². The number of hydrogen-bond donors (Lipinski definition) is 1. The number of hydrogen-bond acceptors (Lipinski definition) is 4. The third-order valence-electron chi connectivity index (χ3n) is 5.61. The smallest absolute Gasteiger partial charge is 0.223 e. The predicted molar refractivity (Wildman–Crippen MR) is 115 cm³/mol. The zero-order chi connectivity index (χ0) is 20.6. The van der Waals surface area contributed by atoms with Crippen LogP contribution in [-0.2, 0) is 17.8 Å². The molecule has 0 aliphatic carbocycles. The van der Waals surface area contributed by atoms with Crippen molar-refractivity contribution in [1.82, 2.24) is 10.2 Å². The average molecular weight is 397 g/mol. The largest absolute Gasteiger partial charge is 0.493 e. The minimum atomic E-state index is 0.120. The van der Waals surface area contributed by atoms with Gasteiger partial charge in [0.05, 0.1) is 14.2 Å². The van der Waals surface area contributed by atoms with Crippen LogP contribution in [0.4, 0.5) is 0 Å². The highest BCUT2D eigenvalue weighted by Gasteiger charge is 2.24. The molecule has 1 heterocycles. The van der Waals surface area contributed by atoms with Crippen LogP contribution in [0.25, 0.3) is 0 Å². The molecule has 0 saturated carbocycles. The van der Waals surface area contributed by atoms with Gasteiger partial charge in [-0.2, -0.15) is 0 Å². The van der Waals surface area contributed by atoms with Crippen LogP contribution in [0.15, 0.2) is 42.5 Å². The fraction of sp³-hybridized carbons (Fsp3) is 0.458. The molecule has 1 fully saturated rings. The summed E-state index contributed by atoms with van der Waals surface area (Å²) in [4.78, 5) is 15.0. The number of likely N-dealkylation sites (tertiary alicyclic amines) is 1. The highest BCUT2D eigenvalue weighted by molar-refractivity contribution is 5.78. The molecule has 0 unspecified atom stereocenters. The third-order valence-corrected chi connectivity index (χ3v) is 5.61. The van der Waals surface area contributed by atoms with Crippen LogP contribution in [0.1, 0.15) is 29.5 Å². The Balaban J connectivity index is 1.41. The number of aryl methyl sites for hydroxylation is 1. The SMILES string of the molecule is COc1ccc(CCNC(=O)C2CCN(Cc3cccc(C)c3)CC2)cc1OC. The molecule has 2 aromatic carbocycles. The van der Waals surface area contributed by atoms with Crippen molar-refractivity contribution < 1.29 is 14.3 Å². The molecule has 1 N–H and O–H groups in total. The number of benzene rings is 2. The van der Waals surface area contributed by atoms with Crippen molar-refractivity contribution in [2.75, 3.05) is 33.9 Å². The monoisotopic (exact) mass is 396 g/mol. The molecular formula is C24H32N2O3. The van der Waals surface area contributed by atoms with Crippen LogP contribution >= 0.6 is 0 Å². The number of carbonyl (C=O) groups excluding carboxylic acids is 1. The van der Waals surface area contributed by atoms with Crippen molar-refractivity contribution in [1.29, 1.82) is 0 Å². The van der Waals surface area contributed by atoms with Gasteiger partial charge in [0.2, 0.25) is 5.91 Å². The lowest BCUT2D eigenvalue weighted by Gasteiger charge is -2.31. The molecule has 1 aliphatic rings. The molecule has 156 valence electrons. The first kappa shape index (κ1) is 21.2. The third kappa shape index (κ3) is 5.97. The maximum Gasteiger partial charge on any atom is 0.223 e. The normalized spacial score (nSPS) is 15.1. The molecular weight excluding hydrogens is 364 g/mol. The number of methoxy groups -OCH3 is 2. The van der Waals surface area contributed by atoms with E-state index in [0.717, 1.165) is 56.0 Å². The van der Waals surface area contributed by atoms with E-state index in [0.29, 0.717) is 6.54 Å². The van der Waals surface area contributed by atoms with Gasteiger partial charge in [0.1, 0.15) is 0 Å². The van der Waals surface area contributed by atoms with Crippen LogP contribution in [0.5, 0.6) is 11.5 Å². The van der Waals surface area contributed by atoms with E-state index in [1.165, 1.54) is 11.1 Å². The van der Waals surface area contributed by atoms with E-state index >= 15 is 0 Å². The standard InChI is InChI=1S/C24H32N2O3/c1-18-5-4-6-20(15-18)17-26-13-10-21(11-14-26)24(27)25-12-9-19-7-8-22(28-2)23(16-19)29-3/h4-8,15-16,21H,9-14,17H2,1-3H3,(H,25,27). The van der Waals surface area contributed by atoms with Crippen LogP contribution in [0.3, 0.4) is 0 Å².